The quantitative estimate of drug-likeness (QED) is 0.719. The van der Waals surface area contributed by atoms with Crippen LogP contribution in [0.25, 0.3) is 0 Å². The highest BCUT2D eigenvalue weighted by Crippen LogP contribution is 2.18. The van der Waals surface area contributed by atoms with Crippen molar-refractivity contribution in [3.8, 4) is 0 Å². The van der Waals surface area contributed by atoms with Crippen LogP contribution in [0.1, 0.15) is 32.1 Å². The van der Waals surface area contributed by atoms with Gasteiger partial charge in [-0.2, -0.15) is 0 Å². The Labute approximate surface area is 95.6 Å². The van der Waals surface area contributed by atoms with Gasteiger partial charge < -0.3 is 5.32 Å². The molecule has 0 aromatic heterocycles. The first kappa shape index (κ1) is 11.1. The molecule has 1 fully saturated rings. The van der Waals surface area contributed by atoms with Gasteiger partial charge in [-0.3, -0.25) is 9.59 Å². The van der Waals surface area contributed by atoms with E-state index in [0.717, 1.165) is 12.8 Å². The topological polar surface area (TPSA) is 46.2 Å². The van der Waals surface area contributed by atoms with Crippen LogP contribution in [0.2, 0.25) is 0 Å². The first-order valence-electron chi connectivity index (χ1n) is 5.96. The van der Waals surface area contributed by atoms with Crippen LogP contribution in [-0.4, -0.2) is 17.7 Å². The van der Waals surface area contributed by atoms with Crippen molar-refractivity contribution in [3.05, 3.63) is 24.3 Å². The summed E-state index contributed by atoms with van der Waals surface area (Å²) in [5, 5.41) is 2.97. The average Bonchev–Trinajstić information content (AvgIpc) is 2.31. The molecular formula is C13H17NO2. The lowest BCUT2D eigenvalue weighted by Crippen LogP contribution is -2.41. The molecule has 2 aliphatic rings. The van der Waals surface area contributed by atoms with Gasteiger partial charge in [0.25, 0.3) is 0 Å². The molecule has 0 aliphatic heterocycles. The van der Waals surface area contributed by atoms with E-state index in [4.69, 9.17) is 0 Å². The minimum absolute atomic E-state index is 0.115. The van der Waals surface area contributed by atoms with Crippen LogP contribution in [0.15, 0.2) is 24.3 Å². The second kappa shape index (κ2) is 5.10. The molecule has 0 saturated heterocycles. The number of amides is 1. The molecule has 1 amide bonds. The number of hydrogen-bond donors (Lipinski definition) is 1. The largest absolute Gasteiger partial charge is 0.352 e. The zero-order valence-electron chi connectivity index (χ0n) is 9.32. The Morgan fingerprint density at radius 1 is 1.19 bits per heavy atom. The highest BCUT2D eigenvalue weighted by Gasteiger charge is 2.25. The summed E-state index contributed by atoms with van der Waals surface area (Å²) >= 11 is 0. The van der Waals surface area contributed by atoms with Gasteiger partial charge in [0.1, 0.15) is 5.92 Å². The fourth-order valence-corrected chi connectivity index (χ4v) is 2.28. The molecule has 3 nitrogen and oxygen atoms in total. The standard InChI is InChI=1S/C13H17NO2/c15-12-9-5-4-8-11(12)13(16)14-10-6-2-1-3-7-10/h4-5,8-11H,1-3,6-7H2,(H,14,16). The molecule has 3 heteroatoms. The molecule has 0 aromatic rings. The van der Waals surface area contributed by atoms with E-state index in [2.05, 4.69) is 5.32 Å². The minimum Gasteiger partial charge on any atom is -0.352 e. The molecule has 2 aliphatic carbocycles. The fraction of sp³-hybridized carbons (Fsp3) is 0.538. The van der Waals surface area contributed by atoms with E-state index in [1.54, 1.807) is 18.2 Å². The summed E-state index contributed by atoms with van der Waals surface area (Å²) in [7, 11) is 0. The number of allylic oxidation sites excluding steroid dienone is 3. The zero-order valence-corrected chi connectivity index (χ0v) is 9.32. The summed E-state index contributed by atoms with van der Waals surface area (Å²) in [4.78, 5) is 23.3. The van der Waals surface area contributed by atoms with Crippen molar-refractivity contribution in [3.63, 3.8) is 0 Å². The SMILES string of the molecule is O=C1C=CC=CC1C(=O)NC1CCCCC1. The Morgan fingerprint density at radius 3 is 2.62 bits per heavy atom. The summed E-state index contributed by atoms with van der Waals surface area (Å²) in [6.07, 6.45) is 12.3. The molecule has 1 unspecified atom stereocenters. The maximum atomic E-state index is 11.9. The summed E-state index contributed by atoms with van der Waals surface area (Å²) in [6.45, 7) is 0. The van der Waals surface area contributed by atoms with Gasteiger partial charge in [-0.15, -0.1) is 0 Å². The third kappa shape index (κ3) is 2.60. The molecule has 0 aromatic carbocycles. The molecule has 16 heavy (non-hydrogen) atoms. The maximum Gasteiger partial charge on any atom is 0.235 e. The highest BCUT2D eigenvalue weighted by atomic mass is 16.2. The second-order valence-electron chi connectivity index (χ2n) is 4.47. The van der Waals surface area contributed by atoms with Crippen molar-refractivity contribution >= 4 is 11.7 Å². The average molecular weight is 219 g/mol. The van der Waals surface area contributed by atoms with E-state index in [-0.39, 0.29) is 17.7 Å². The molecule has 1 atom stereocenters. The van der Waals surface area contributed by atoms with Gasteiger partial charge in [-0.1, -0.05) is 37.5 Å². The van der Waals surface area contributed by atoms with Gasteiger partial charge in [0, 0.05) is 6.04 Å². The Balaban J connectivity index is 1.89. The molecule has 1 saturated carbocycles. The Morgan fingerprint density at radius 2 is 1.94 bits per heavy atom. The number of ketones is 1. The van der Waals surface area contributed by atoms with Crippen LogP contribution < -0.4 is 5.32 Å². The lowest BCUT2D eigenvalue weighted by molar-refractivity contribution is -0.130. The van der Waals surface area contributed by atoms with E-state index in [9.17, 15) is 9.59 Å². The normalized spacial score (nSPS) is 25.8. The van der Waals surface area contributed by atoms with Crippen molar-refractivity contribution in [1.82, 2.24) is 5.32 Å². The van der Waals surface area contributed by atoms with Crippen LogP contribution in [0.4, 0.5) is 0 Å². The minimum atomic E-state index is -0.605. The van der Waals surface area contributed by atoms with E-state index in [1.165, 1.54) is 25.3 Å². The van der Waals surface area contributed by atoms with Crippen molar-refractivity contribution < 1.29 is 9.59 Å². The number of carbonyl (C=O) groups is 2. The molecule has 2 rings (SSSR count). The second-order valence-corrected chi connectivity index (χ2v) is 4.47. The van der Waals surface area contributed by atoms with Gasteiger partial charge in [0.2, 0.25) is 5.91 Å². The molecule has 1 N–H and O–H groups in total. The number of hydrogen-bond acceptors (Lipinski definition) is 2. The van der Waals surface area contributed by atoms with Crippen LogP contribution in [-0.2, 0) is 9.59 Å². The first-order chi connectivity index (χ1) is 7.77. The molecule has 0 heterocycles. The number of carbonyl (C=O) groups excluding carboxylic acids is 2. The van der Waals surface area contributed by atoms with Crippen LogP contribution in [0.5, 0.6) is 0 Å². The fourth-order valence-electron chi connectivity index (χ4n) is 2.28. The molecule has 0 radical (unpaired) electrons. The summed E-state index contributed by atoms with van der Waals surface area (Å²) in [6, 6.07) is 0.272. The van der Waals surface area contributed by atoms with E-state index >= 15 is 0 Å². The smallest absolute Gasteiger partial charge is 0.235 e. The Bertz CT molecular complexity index is 338. The van der Waals surface area contributed by atoms with Gasteiger partial charge in [-0.25, -0.2) is 0 Å². The Kier molecular flexibility index (Phi) is 3.54. The number of nitrogens with one attached hydrogen (secondary N) is 1. The van der Waals surface area contributed by atoms with Gasteiger partial charge in [0.05, 0.1) is 0 Å². The van der Waals surface area contributed by atoms with Crippen LogP contribution in [0.3, 0.4) is 0 Å². The van der Waals surface area contributed by atoms with Crippen molar-refractivity contribution in [2.75, 3.05) is 0 Å². The molecule has 0 spiro atoms. The molecule has 0 bridgehead atoms. The van der Waals surface area contributed by atoms with E-state index in [0.29, 0.717) is 0 Å². The molecule has 86 valence electrons. The highest BCUT2D eigenvalue weighted by molar-refractivity contribution is 6.09. The van der Waals surface area contributed by atoms with Gasteiger partial charge >= 0.3 is 0 Å². The van der Waals surface area contributed by atoms with Crippen molar-refractivity contribution in [2.24, 2.45) is 5.92 Å². The van der Waals surface area contributed by atoms with Gasteiger partial charge in [-0.05, 0) is 18.9 Å². The van der Waals surface area contributed by atoms with E-state index < -0.39 is 5.92 Å². The van der Waals surface area contributed by atoms with Crippen LogP contribution in [0, 0.1) is 5.92 Å². The molecular weight excluding hydrogens is 202 g/mol. The summed E-state index contributed by atoms with van der Waals surface area (Å²) in [5.74, 6) is -0.861. The van der Waals surface area contributed by atoms with Gasteiger partial charge in [0.15, 0.2) is 5.78 Å². The monoisotopic (exact) mass is 219 g/mol. The predicted octanol–water partition coefficient (Wildman–Crippen LogP) is 1.75. The van der Waals surface area contributed by atoms with E-state index in [1.807, 2.05) is 0 Å². The van der Waals surface area contributed by atoms with Crippen LogP contribution >= 0.6 is 0 Å². The predicted molar refractivity (Wildman–Crippen MR) is 61.8 cm³/mol. The van der Waals surface area contributed by atoms with Crippen molar-refractivity contribution in [2.45, 2.75) is 38.1 Å². The lowest BCUT2D eigenvalue weighted by Gasteiger charge is -2.24. The summed E-state index contributed by atoms with van der Waals surface area (Å²) < 4.78 is 0. The third-order valence-electron chi connectivity index (χ3n) is 3.22. The lowest BCUT2D eigenvalue weighted by atomic mass is 9.93. The first-order valence-corrected chi connectivity index (χ1v) is 5.96. The maximum absolute atomic E-state index is 11.9. The Hall–Kier alpha value is -1.38. The zero-order chi connectivity index (χ0) is 11.4. The summed E-state index contributed by atoms with van der Waals surface area (Å²) in [5.41, 5.74) is 0. The third-order valence-corrected chi connectivity index (χ3v) is 3.22. The van der Waals surface area contributed by atoms with Crippen molar-refractivity contribution in [1.29, 1.82) is 0 Å². The number of rotatable bonds is 2.